The molecule has 0 aromatic heterocycles. The zero-order valence-corrected chi connectivity index (χ0v) is 8.14. The van der Waals surface area contributed by atoms with Gasteiger partial charge in [0.2, 0.25) is 0 Å². The molecule has 0 amide bonds. The van der Waals surface area contributed by atoms with Gasteiger partial charge in [-0.05, 0) is 12.5 Å². The van der Waals surface area contributed by atoms with E-state index in [2.05, 4.69) is 0 Å². The Kier molecular flexibility index (Phi) is 4.13. The zero-order valence-electron chi connectivity index (χ0n) is 8.14. The summed E-state index contributed by atoms with van der Waals surface area (Å²) in [6.07, 6.45) is 0. The van der Waals surface area contributed by atoms with Crippen LogP contribution in [0.2, 0.25) is 0 Å². The van der Waals surface area contributed by atoms with E-state index in [1.165, 1.54) is 0 Å². The van der Waals surface area contributed by atoms with Crippen LogP contribution in [-0.4, -0.2) is 24.3 Å². The van der Waals surface area contributed by atoms with Gasteiger partial charge in [0.25, 0.3) is 0 Å². The third kappa shape index (κ3) is 2.57. The lowest BCUT2D eigenvalue weighted by Gasteiger charge is -2.12. The van der Waals surface area contributed by atoms with E-state index in [-0.39, 0.29) is 12.6 Å². The Morgan fingerprint density at radius 3 is 2.57 bits per heavy atom. The predicted molar refractivity (Wildman–Crippen MR) is 52.9 cm³/mol. The van der Waals surface area contributed by atoms with Gasteiger partial charge in [0.15, 0.2) is 0 Å². The third-order valence-electron chi connectivity index (χ3n) is 1.96. The maximum absolute atomic E-state index is 11.4. The van der Waals surface area contributed by atoms with E-state index in [9.17, 15) is 4.79 Å². The van der Waals surface area contributed by atoms with Crippen LogP contribution in [0.4, 0.5) is 0 Å². The smallest absolute Gasteiger partial charge is 0.315 e. The Labute approximate surface area is 83.3 Å². The number of aliphatic hydroxyl groups is 1. The van der Waals surface area contributed by atoms with E-state index < -0.39 is 5.92 Å². The molecule has 0 fully saturated rings. The van der Waals surface area contributed by atoms with Crippen molar-refractivity contribution >= 4 is 5.97 Å². The molecule has 0 saturated heterocycles. The lowest BCUT2D eigenvalue weighted by atomic mass is 10.0. The van der Waals surface area contributed by atoms with Crippen LogP contribution >= 0.6 is 0 Å². The third-order valence-corrected chi connectivity index (χ3v) is 1.96. The first-order valence-electron chi connectivity index (χ1n) is 4.62. The number of hydrogen-bond acceptors (Lipinski definition) is 3. The fourth-order valence-corrected chi connectivity index (χ4v) is 1.24. The van der Waals surface area contributed by atoms with E-state index in [1.807, 2.05) is 18.2 Å². The van der Waals surface area contributed by atoms with Crippen LogP contribution in [0, 0.1) is 0 Å². The van der Waals surface area contributed by atoms with Gasteiger partial charge in [0.05, 0.1) is 13.2 Å². The monoisotopic (exact) mass is 194 g/mol. The molecule has 3 nitrogen and oxygen atoms in total. The maximum atomic E-state index is 11.4. The van der Waals surface area contributed by atoms with Gasteiger partial charge in [-0.1, -0.05) is 30.3 Å². The number of benzene rings is 1. The van der Waals surface area contributed by atoms with Crippen LogP contribution in [-0.2, 0) is 9.53 Å². The van der Waals surface area contributed by atoms with Gasteiger partial charge in [-0.15, -0.1) is 0 Å². The Hall–Kier alpha value is -1.35. The molecule has 0 unspecified atom stereocenters. The van der Waals surface area contributed by atoms with Crippen molar-refractivity contribution in [2.45, 2.75) is 12.8 Å². The van der Waals surface area contributed by atoms with Gasteiger partial charge in [-0.25, -0.2) is 0 Å². The fourth-order valence-electron chi connectivity index (χ4n) is 1.24. The van der Waals surface area contributed by atoms with Crippen LogP contribution in [0.1, 0.15) is 18.4 Å². The van der Waals surface area contributed by atoms with Gasteiger partial charge in [0.1, 0.15) is 5.92 Å². The molecule has 0 spiro atoms. The molecule has 3 heteroatoms. The molecular weight excluding hydrogens is 180 g/mol. The number of esters is 1. The summed E-state index contributed by atoms with van der Waals surface area (Å²) in [7, 11) is 0. The highest BCUT2D eigenvalue weighted by Crippen LogP contribution is 2.16. The highest BCUT2D eigenvalue weighted by atomic mass is 16.5. The van der Waals surface area contributed by atoms with Crippen molar-refractivity contribution < 1.29 is 14.6 Å². The van der Waals surface area contributed by atoms with Gasteiger partial charge in [-0.2, -0.15) is 0 Å². The van der Waals surface area contributed by atoms with Crippen molar-refractivity contribution in [1.82, 2.24) is 0 Å². The topological polar surface area (TPSA) is 46.5 Å². The second-order valence-electron chi connectivity index (χ2n) is 2.90. The average Bonchev–Trinajstić information content (AvgIpc) is 2.21. The molecular formula is C11H14O3. The van der Waals surface area contributed by atoms with Gasteiger partial charge >= 0.3 is 5.97 Å². The van der Waals surface area contributed by atoms with Crippen molar-refractivity contribution in [2.75, 3.05) is 13.2 Å². The SMILES string of the molecule is CCOC(=O)[C@H](CO)c1ccccc1. The van der Waals surface area contributed by atoms with Gasteiger partial charge < -0.3 is 9.84 Å². The van der Waals surface area contributed by atoms with Gasteiger partial charge in [0, 0.05) is 0 Å². The average molecular weight is 194 g/mol. The molecule has 1 N–H and O–H groups in total. The molecule has 0 heterocycles. The summed E-state index contributed by atoms with van der Waals surface area (Å²) in [6, 6.07) is 9.13. The normalized spacial score (nSPS) is 12.1. The van der Waals surface area contributed by atoms with E-state index in [4.69, 9.17) is 9.84 Å². The fraction of sp³-hybridized carbons (Fsp3) is 0.364. The molecule has 0 aliphatic heterocycles. The molecule has 1 rings (SSSR count). The molecule has 0 aliphatic rings. The summed E-state index contributed by atoms with van der Waals surface area (Å²) < 4.78 is 4.85. The number of rotatable bonds is 4. The second-order valence-corrected chi connectivity index (χ2v) is 2.90. The molecule has 1 atom stereocenters. The van der Waals surface area contributed by atoms with Crippen LogP contribution < -0.4 is 0 Å². The standard InChI is InChI=1S/C11H14O3/c1-2-14-11(13)10(8-12)9-6-4-3-5-7-9/h3-7,10,12H,2,8H2,1H3/t10-/m1/s1. The number of ether oxygens (including phenoxy) is 1. The van der Waals surface area contributed by atoms with Crippen LogP contribution in [0.25, 0.3) is 0 Å². The predicted octanol–water partition coefficient (Wildman–Crippen LogP) is 1.33. The summed E-state index contributed by atoms with van der Waals surface area (Å²) >= 11 is 0. The molecule has 14 heavy (non-hydrogen) atoms. The highest BCUT2D eigenvalue weighted by molar-refractivity contribution is 5.78. The first kappa shape index (κ1) is 10.7. The molecule has 76 valence electrons. The van der Waals surface area contributed by atoms with E-state index in [1.54, 1.807) is 19.1 Å². The minimum atomic E-state index is -0.559. The summed E-state index contributed by atoms with van der Waals surface area (Å²) in [5, 5.41) is 9.08. The molecule has 1 aromatic rings. The largest absolute Gasteiger partial charge is 0.465 e. The van der Waals surface area contributed by atoms with E-state index in [0.29, 0.717) is 6.61 Å². The lowest BCUT2D eigenvalue weighted by molar-refractivity contribution is -0.145. The van der Waals surface area contributed by atoms with E-state index in [0.717, 1.165) is 5.56 Å². The molecule has 0 radical (unpaired) electrons. The molecule has 1 aromatic carbocycles. The number of aliphatic hydroxyl groups excluding tert-OH is 1. The summed E-state index contributed by atoms with van der Waals surface area (Å²) in [5.41, 5.74) is 0.786. The zero-order chi connectivity index (χ0) is 10.4. The minimum Gasteiger partial charge on any atom is -0.465 e. The van der Waals surface area contributed by atoms with E-state index >= 15 is 0 Å². The minimum absolute atomic E-state index is 0.219. The Morgan fingerprint density at radius 1 is 1.43 bits per heavy atom. The maximum Gasteiger partial charge on any atom is 0.315 e. The van der Waals surface area contributed by atoms with Crippen molar-refractivity contribution in [3.8, 4) is 0 Å². The molecule has 0 aliphatic carbocycles. The Bertz CT molecular complexity index is 282. The lowest BCUT2D eigenvalue weighted by Crippen LogP contribution is -2.19. The molecule has 0 bridgehead atoms. The first-order chi connectivity index (χ1) is 6.79. The number of carbonyl (C=O) groups excluding carboxylic acids is 1. The quantitative estimate of drug-likeness (QED) is 0.735. The number of carbonyl (C=O) groups is 1. The van der Waals surface area contributed by atoms with Crippen LogP contribution in [0.5, 0.6) is 0 Å². The van der Waals surface area contributed by atoms with Crippen molar-refractivity contribution in [3.63, 3.8) is 0 Å². The molecule has 0 saturated carbocycles. The van der Waals surface area contributed by atoms with Crippen LogP contribution in [0.15, 0.2) is 30.3 Å². The second kappa shape index (κ2) is 5.40. The van der Waals surface area contributed by atoms with Crippen molar-refractivity contribution in [1.29, 1.82) is 0 Å². The summed E-state index contributed by atoms with van der Waals surface area (Å²) in [5.74, 6) is -0.933. The van der Waals surface area contributed by atoms with Crippen molar-refractivity contribution in [3.05, 3.63) is 35.9 Å². The summed E-state index contributed by atoms with van der Waals surface area (Å²) in [6.45, 7) is 1.86. The van der Waals surface area contributed by atoms with Gasteiger partial charge in [-0.3, -0.25) is 4.79 Å². The summed E-state index contributed by atoms with van der Waals surface area (Å²) in [4.78, 5) is 11.4. The van der Waals surface area contributed by atoms with Crippen LogP contribution in [0.3, 0.4) is 0 Å². The Balaban J connectivity index is 2.77. The highest BCUT2D eigenvalue weighted by Gasteiger charge is 2.20. The number of hydrogen-bond donors (Lipinski definition) is 1. The van der Waals surface area contributed by atoms with Crippen molar-refractivity contribution in [2.24, 2.45) is 0 Å². The first-order valence-corrected chi connectivity index (χ1v) is 4.62. The Morgan fingerprint density at radius 2 is 2.07 bits per heavy atom.